The standard InChI is InChI=1S/C24H31N3O3S/c1-16(28)25-19-10-12-20(13-11-19)26-23(30)21(14-15-31-5)27-22(29)17-6-8-18(9-7-17)24(2,3)4/h6-13,21H,14-15H2,1-5H3,(H,25,28)(H,26,30)(H,27,29)/t21-/m0/s1. The van der Waals surface area contributed by atoms with Gasteiger partial charge in [-0.1, -0.05) is 32.9 Å². The molecule has 0 fully saturated rings. The second-order valence-electron chi connectivity index (χ2n) is 8.38. The molecule has 2 aromatic rings. The zero-order chi connectivity index (χ0) is 23.0. The second-order valence-corrected chi connectivity index (χ2v) is 9.37. The summed E-state index contributed by atoms with van der Waals surface area (Å²) < 4.78 is 0. The summed E-state index contributed by atoms with van der Waals surface area (Å²) in [6.45, 7) is 7.79. The lowest BCUT2D eigenvalue weighted by Gasteiger charge is -2.20. The lowest BCUT2D eigenvalue weighted by Crippen LogP contribution is -2.44. The molecule has 3 amide bonds. The van der Waals surface area contributed by atoms with Crippen molar-refractivity contribution in [1.29, 1.82) is 0 Å². The molecule has 166 valence electrons. The molecular weight excluding hydrogens is 410 g/mol. The van der Waals surface area contributed by atoms with E-state index in [9.17, 15) is 14.4 Å². The molecule has 0 aliphatic rings. The first-order chi connectivity index (χ1) is 14.6. The highest BCUT2D eigenvalue weighted by Crippen LogP contribution is 2.22. The fourth-order valence-corrected chi connectivity index (χ4v) is 3.41. The van der Waals surface area contributed by atoms with Crippen LogP contribution in [-0.2, 0) is 15.0 Å². The molecule has 0 aromatic heterocycles. The molecule has 0 aliphatic carbocycles. The smallest absolute Gasteiger partial charge is 0.251 e. The highest BCUT2D eigenvalue weighted by Gasteiger charge is 2.22. The van der Waals surface area contributed by atoms with Crippen LogP contribution in [0.25, 0.3) is 0 Å². The number of carbonyl (C=O) groups excluding carboxylic acids is 3. The number of hydrogen-bond acceptors (Lipinski definition) is 4. The topological polar surface area (TPSA) is 87.3 Å². The van der Waals surface area contributed by atoms with Gasteiger partial charge in [-0.15, -0.1) is 0 Å². The van der Waals surface area contributed by atoms with E-state index < -0.39 is 6.04 Å². The zero-order valence-corrected chi connectivity index (χ0v) is 19.6. The molecule has 0 saturated heterocycles. The van der Waals surface area contributed by atoms with Crippen LogP contribution < -0.4 is 16.0 Å². The minimum atomic E-state index is -0.655. The van der Waals surface area contributed by atoms with Crippen molar-refractivity contribution < 1.29 is 14.4 Å². The van der Waals surface area contributed by atoms with E-state index in [2.05, 4.69) is 36.7 Å². The van der Waals surface area contributed by atoms with Crippen molar-refractivity contribution in [2.45, 2.75) is 45.6 Å². The summed E-state index contributed by atoms with van der Waals surface area (Å²) in [4.78, 5) is 36.7. The Hall–Kier alpha value is -2.80. The van der Waals surface area contributed by atoms with Crippen molar-refractivity contribution in [1.82, 2.24) is 5.32 Å². The highest BCUT2D eigenvalue weighted by molar-refractivity contribution is 7.98. The van der Waals surface area contributed by atoms with Gasteiger partial charge in [0, 0.05) is 23.9 Å². The highest BCUT2D eigenvalue weighted by atomic mass is 32.2. The fraction of sp³-hybridized carbons (Fsp3) is 0.375. The van der Waals surface area contributed by atoms with Crippen molar-refractivity contribution in [3.05, 3.63) is 59.7 Å². The first kappa shape index (κ1) is 24.5. The molecule has 0 saturated carbocycles. The van der Waals surface area contributed by atoms with Gasteiger partial charge in [-0.25, -0.2) is 0 Å². The van der Waals surface area contributed by atoms with E-state index in [1.165, 1.54) is 6.92 Å². The van der Waals surface area contributed by atoms with E-state index in [0.717, 1.165) is 11.3 Å². The Labute approximate surface area is 188 Å². The minimum absolute atomic E-state index is 0.00522. The number of benzene rings is 2. The van der Waals surface area contributed by atoms with Gasteiger partial charge in [0.1, 0.15) is 6.04 Å². The molecule has 6 nitrogen and oxygen atoms in total. The van der Waals surface area contributed by atoms with Crippen molar-refractivity contribution in [3.8, 4) is 0 Å². The third-order valence-corrected chi connectivity index (χ3v) is 5.36. The number of carbonyl (C=O) groups is 3. The molecule has 0 unspecified atom stereocenters. The number of nitrogens with one attached hydrogen (secondary N) is 3. The molecular formula is C24H31N3O3S. The molecule has 7 heteroatoms. The van der Waals surface area contributed by atoms with E-state index in [4.69, 9.17) is 0 Å². The van der Waals surface area contributed by atoms with Crippen LogP contribution in [0.15, 0.2) is 48.5 Å². The van der Waals surface area contributed by atoms with Crippen LogP contribution in [0.4, 0.5) is 11.4 Å². The monoisotopic (exact) mass is 441 g/mol. The SMILES string of the molecule is CSCC[C@H](NC(=O)c1ccc(C(C)(C)C)cc1)C(=O)Nc1ccc(NC(C)=O)cc1. The van der Waals surface area contributed by atoms with Crippen molar-refractivity contribution in [2.24, 2.45) is 0 Å². The molecule has 0 heterocycles. The molecule has 0 bridgehead atoms. The lowest BCUT2D eigenvalue weighted by atomic mass is 9.86. The van der Waals surface area contributed by atoms with Gasteiger partial charge in [0.15, 0.2) is 0 Å². The summed E-state index contributed by atoms with van der Waals surface area (Å²) in [5, 5.41) is 8.39. The predicted molar refractivity (Wildman–Crippen MR) is 129 cm³/mol. The quantitative estimate of drug-likeness (QED) is 0.565. The number of hydrogen-bond donors (Lipinski definition) is 3. The summed E-state index contributed by atoms with van der Waals surface area (Å²) in [5.41, 5.74) is 2.91. The maximum atomic E-state index is 12.8. The largest absolute Gasteiger partial charge is 0.340 e. The van der Waals surface area contributed by atoms with Crippen molar-refractivity contribution in [2.75, 3.05) is 22.6 Å². The lowest BCUT2D eigenvalue weighted by molar-refractivity contribution is -0.118. The van der Waals surface area contributed by atoms with E-state index in [1.54, 1.807) is 48.2 Å². The average molecular weight is 442 g/mol. The number of rotatable bonds is 8. The van der Waals surface area contributed by atoms with E-state index in [-0.39, 0.29) is 23.1 Å². The summed E-state index contributed by atoms with van der Waals surface area (Å²) in [6.07, 6.45) is 2.48. The van der Waals surface area contributed by atoms with Crippen LogP contribution >= 0.6 is 11.8 Å². The molecule has 2 rings (SSSR count). The Balaban J connectivity index is 2.07. The number of thioether (sulfide) groups is 1. The average Bonchev–Trinajstić information content (AvgIpc) is 2.71. The normalized spacial score (nSPS) is 12.0. The maximum absolute atomic E-state index is 12.8. The van der Waals surface area contributed by atoms with Crippen molar-refractivity contribution >= 4 is 40.9 Å². The molecule has 3 N–H and O–H groups in total. The van der Waals surface area contributed by atoms with Gasteiger partial charge >= 0.3 is 0 Å². The van der Waals surface area contributed by atoms with Gasteiger partial charge in [0.05, 0.1) is 0 Å². The van der Waals surface area contributed by atoms with Crippen LogP contribution in [0.1, 0.15) is 50.0 Å². The molecule has 0 radical (unpaired) electrons. The zero-order valence-electron chi connectivity index (χ0n) is 18.7. The summed E-state index contributed by atoms with van der Waals surface area (Å²) >= 11 is 1.62. The Morgan fingerprint density at radius 1 is 0.903 bits per heavy atom. The van der Waals surface area contributed by atoms with Crippen LogP contribution in [0.3, 0.4) is 0 Å². The van der Waals surface area contributed by atoms with Crippen LogP contribution in [0, 0.1) is 0 Å². The van der Waals surface area contributed by atoms with Gasteiger partial charge in [-0.3, -0.25) is 14.4 Å². The number of anilines is 2. The van der Waals surface area contributed by atoms with Gasteiger partial charge in [0.2, 0.25) is 11.8 Å². The molecule has 0 spiro atoms. The second kappa shape index (κ2) is 11.0. The fourth-order valence-electron chi connectivity index (χ4n) is 2.94. The van der Waals surface area contributed by atoms with Gasteiger partial charge in [-0.05, 0) is 65.8 Å². The summed E-state index contributed by atoms with van der Waals surface area (Å²) in [7, 11) is 0. The Kier molecular flexibility index (Phi) is 8.68. The third-order valence-electron chi connectivity index (χ3n) is 4.72. The molecule has 31 heavy (non-hydrogen) atoms. The first-order valence-electron chi connectivity index (χ1n) is 10.2. The Morgan fingerprint density at radius 3 is 1.94 bits per heavy atom. The van der Waals surface area contributed by atoms with E-state index in [0.29, 0.717) is 23.4 Å². The van der Waals surface area contributed by atoms with Gasteiger partial charge in [-0.2, -0.15) is 11.8 Å². The molecule has 0 aliphatic heterocycles. The summed E-state index contributed by atoms with van der Waals surface area (Å²) in [6, 6.07) is 13.7. The van der Waals surface area contributed by atoms with Crippen molar-refractivity contribution in [3.63, 3.8) is 0 Å². The molecule has 1 atom stereocenters. The minimum Gasteiger partial charge on any atom is -0.340 e. The first-order valence-corrected chi connectivity index (χ1v) is 11.6. The third kappa shape index (κ3) is 7.75. The number of amides is 3. The summed E-state index contributed by atoms with van der Waals surface area (Å²) in [5.74, 6) is 0.0267. The van der Waals surface area contributed by atoms with E-state index >= 15 is 0 Å². The van der Waals surface area contributed by atoms with Crippen LogP contribution in [-0.4, -0.2) is 35.8 Å². The predicted octanol–water partition coefficient (Wildman–Crippen LogP) is 4.43. The van der Waals surface area contributed by atoms with Crippen LogP contribution in [0.5, 0.6) is 0 Å². The van der Waals surface area contributed by atoms with E-state index in [1.807, 2.05) is 18.4 Å². The Bertz CT molecular complexity index is 903. The van der Waals surface area contributed by atoms with Crippen LogP contribution in [0.2, 0.25) is 0 Å². The maximum Gasteiger partial charge on any atom is 0.251 e. The van der Waals surface area contributed by atoms with Gasteiger partial charge < -0.3 is 16.0 Å². The van der Waals surface area contributed by atoms with Gasteiger partial charge in [0.25, 0.3) is 5.91 Å². The molecule has 2 aromatic carbocycles. The Morgan fingerprint density at radius 2 is 1.45 bits per heavy atom.